The molecule has 0 radical (unpaired) electrons. The maximum Gasteiger partial charge on any atom is 0.326 e. The molecule has 0 unspecified atom stereocenters. The van der Waals surface area contributed by atoms with E-state index in [4.69, 9.17) is 27.9 Å². The van der Waals surface area contributed by atoms with E-state index in [2.05, 4.69) is 0 Å². The smallest absolute Gasteiger partial charge is 0.326 e. The molecule has 0 atom stereocenters. The molecule has 0 saturated heterocycles. The summed E-state index contributed by atoms with van der Waals surface area (Å²) >= 11 is 12.0. The van der Waals surface area contributed by atoms with Crippen molar-refractivity contribution in [3.63, 3.8) is 0 Å². The Labute approximate surface area is 122 Å². The van der Waals surface area contributed by atoms with E-state index >= 15 is 0 Å². The molecule has 4 nitrogen and oxygen atoms in total. The lowest BCUT2D eigenvalue weighted by Crippen LogP contribution is -2.21. The molecule has 7 heteroatoms. The Kier molecular flexibility index (Phi) is 4.63. The fraction of sp³-hybridized carbons (Fsp3) is 0.167. The van der Waals surface area contributed by atoms with Crippen LogP contribution in [-0.2, 0) is 16.1 Å². The summed E-state index contributed by atoms with van der Waals surface area (Å²) in [5.74, 6) is -0.540. The number of halogens is 2. The first-order chi connectivity index (χ1) is 9.11. The number of carbonyl (C=O) groups excluding carboxylic acids is 1. The van der Waals surface area contributed by atoms with E-state index in [1.807, 2.05) is 18.2 Å². The van der Waals surface area contributed by atoms with Gasteiger partial charge in [0.15, 0.2) is 0 Å². The lowest BCUT2D eigenvalue weighted by Gasteiger charge is -2.04. The summed E-state index contributed by atoms with van der Waals surface area (Å²) in [5.41, 5.74) is 1.84. The average Bonchev–Trinajstić information content (AvgIpc) is 2.72. The first-order valence-electron chi connectivity index (χ1n) is 5.30. The Balaban J connectivity index is 2.15. The zero-order valence-electron chi connectivity index (χ0n) is 9.64. The summed E-state index contributed by atoms with van der Waals surface area (Å²) in [6.07, 6.45) is 0. The lowest BCUT2D eigenvalue weighted by molar-refractivity contribution is -0.143. The van der Waals surface area contributed by atoms with Crippen LogP contribution >= 0.6 is 34.5 Å². The van der Waals surface area contributed by atoms with E-state index in [1.165, 1.54) is 4.57 Å². The van der Waals surface area contributed by atoms with Gasteiger partial charge in [-0.2, -0.15) is 0 Å². The van der Waals surface area contributed by atoms with Gasteiger partial charge in [0.25, 0.3) is 0 Å². The number of hydrogen-bond donors (Lipinski definition) is 0. The Hall–Kier alpha value is -1.30. The largest absolute Gasteiger partial charge is 0.459 e. The summed E-state index contributed by atoms with van der Waals surface area (Å²) in [6.45, 7) is -0.240. The molecular formula is C12H9Cl2NO3S. The van der Waals surface area contributed by atoms with Crippen LogP contribution in [0.15, 0.2) is 39.6 Å². The average molecular weight is 318 g/mol. The number of fused-ring (bicyclic) bond motifs is 1. The van der Waals surface area contributed by atoms with Crippen molar-refractivity contribution in [3.05, 3.63) is 44.5 Å². The molecule has 100 valence electrons. The molecule has 0 aliphatic rings. The number of benzene rings is 1. The van der Waals surface area contributed by atoms with Crippen LogP contribution in [0, 0.1) is 0 Å². The van der Waals surface area contributed by atoms with Gasteiger partial charge in [-0.3, -0.25) is 14.2 Å². The van der Waals surface area contributed by atoms with Crippen molar-refractivity contribution in [1.82, 2.24) is 4.57 Å². The summed E-state index contributed by atoms with van der Waals surface area (Å²) in [6, 6.07) is 7.26. The predicted molar refractivity (Wildman–Crippen MR) is 76.8 cm³/mol. The fourth-order valence-electron chi connectivity index (χ4n) is 1.52. The summed E-state index contributed by atoms with van der Waals surface area (Å²) in [5, 5.41) is 0.220. The van der Waals surface area contributed by atoms with E-state index in [0.29, 0.717) is 5.52 Å². The van der Waals surface area contributed by atoms with Crippen molar-refractivity contribution in [3.8, 4) is 0 Å². The lowest BCUT2D eigenvalue weighted by atomic mass is 10.3. The van der Waals surface area contributed by atoms with Crippen LogP contribution in [0.3, 0.4) is 0 Å². The number of nitrogens with zero attached hydrogens (tertiary/aromatic N) is 1. The molecule has 1 aromatic carbocycles. The molecule has 0 bridgehead atoms. The molecule has 0 aliphatic carbocycles. The SMILES string of the molecule is O=C(Cn1c(=O)sc2ccccc21)OC/C(Cl)=C/Cl. The van der Waals surface area contributed by atoms with Gasteiger partial charge in [-0.1, -0.05) is 46.7 Å². The minimum Gasteiger partial charge on any atom is -0.459 e. The Morgan fingerprint density at radius 1 is 1.42 bits per heavy atom. The third-order valence-electron chi connectivity index (χ3n) is 2.35. The topological polar surface area (TPSA) is 48.3 Å². The van der Waals surface area contributed by atoms with Crippen LogP contribution in [0.4, 0.5) is 0 Å². The quantitative estimate of drug-likeness (QED) is 0.815. The summed E-state index contributed by atoms with van der Waals surface area (Å²) in [7, 11) is 0. The molecule has 1 aromatic heterocycles. The maximum atomic E-state index is 11.8. The number of thiazole rings is 1. The van der Waals surface area contributed by atoms with Gasteiger partial charge in [0.05, 0.1) is 15.2 Å². The van der Waals surface area contributed by atoms with Crippen LogP contribution in [0.25, 0.3) is 10.2 Å². The molecule has 0 aliphatic heterocycles. The molecule has 19 heavy (non-hydrogen) atoms. The Bertz CT molecular complexity index is 690. The minimum absolute atomic E-state index is 0.0965. The van der Waals surface area contributed by atoms with Crippen molar-refractivity contribution < 1.29 is 9.53 Å². The second-order valence-electron chi connectivity index (χ2n) is 3.64. The van der Waals surface area contributed by atoms with Gasteiger partial charge in [0.1, 0.15) is 13.2 Å². The highest BCUT2D eigenvalue weighted by molar-refractivity contribution is 7.16. The molecule has 1 heterocycles. The zero-order valence-corrected chi connectivity index (χ0v) is 12.0. The highest BCUT2D eigenvalue weighted by Gasteiger charge is 2.11. The van der Waals surface area contributed by atoms with Gasteiger partial charge >= 0.3 is 10.8 Å². The molecule has 0 saturated carbocycles. The third-order valence-corrected chi connectivity index (χ3v) is 3.90. The first-order valence-corrected chi connectivity index (χ1v) is 6.93. The second kappa shape index (κ2) is 6.23. The van der Waals surface area contributed by atoms with E-state index in [9.17, 15) is 9.59 Å². The number of para-hydroxylation sites is 1. The minimum atomic E-state index is -0.540. The Morgan fingerprint density at radius 3 is 2.89 bits per heavy atom. The molecule has 0 N–H and O–H groups in total. The number of carbonyl (C=O) groups is 1. The van der Waals surface area contributed by atoms with Gasteiger partial charge in [0, 0.05) is 5.54 Å². The van der Waals surface area contributed by atoms with Gasteiger partial charge in [0.2, 0.25) is 0 Å². The zero-order chi connectivity index (χ0) is 13.8. The van der Waals surface area contributed by atoms with E-state index in [-0.39, 0.29) is 23.1 Å². The number of ether oxygens (including phenoxy) is 1. The molecule has 0 amide bonds. The van der Waals surface area contributed by atoms with Crippen molar-refractivity contribution in [2.24, 2.45) is 0 Å². The number of rotatable bonds is 4. The Morgan fingerprint density at radius 2 is 2.16 bits per heavy atom. The molecule has 0 spiro atoms. The highest BCUT2D eigenvalue weighted by Crippen LogP contribution is 2.16. The summed E-state index contributed by atoms with van der Waals surface area (Å²) < 4.78 is 7.10. The van der Waals surface area contributed by atoms with E-state index in [0.717, 1.165) is 21.6 Å². The van der Waals surface area contributed by atoms with Crippen LogP contribution in [-0.4, -0.2) is 17.1 Å². The molecular weight excluding hydrogens is 309 g/mol. The number of aromatic nitrogens is 1. The number of hydrogen-bond acceptors (Lipinski definition) is 4. The predicted octanol–water partition coefficient (Wildman–Crippen LogP) is 2.93. The number of esters is 1. The van der Waals surface area contributed by atoms with Gasteiger partial charge in [-0.25, -0.2) is 0 Å². The standard InChI is InChI=1S/C12H9Cl2NO3S/c13-5-8(14)7-18-11(16)6-15-9-3-1-2-4-10(9)19-12(15)17/h1-5H,6-7H2/b8-5-. The van der Waals surface area contributed by atoms with E-state index < -0.39 is 5.97 Å². The normalized spacial score (nSPS) is 11.8. The highest BCUT2D eigenvalue weighted by atomic mass is 35.5. The molecule has 0 fully saturated rings. The second-order valence-corrected chi connectivity index (χ2v) is 5.34. The van der Waals surface area contributed by atoms with E-state index in [1.54, 1.807) is 6.07 Å². The van der Waals surface area contributed by atoms with Crippen LogP contribution in [0.5, 0.6) is 0 Å². The van der Waals surface area contributed by atoms with Crippen LogP contribution in [0.2, 0.25) is 0 Å². The van der Waals surface area contributed by atoms with Crippen LogP contribution in [0.1, 0.15) is 0 Å². The summed E-state index contributed by atoms with van der Waals surface area (Å²) in [4.78, 5) is 23.2. The van der Waals surface area contributed by atoms with Crippen molar-refractivity contribution >= 4 is 50.7 Å². The molecule has 2 aromatic rings. The van der Waals surface area contributed by atoms with Crippen molar-refractivity contribution in [2.75, 3.05) is 6.61 Å². The fourth-order valence-corrected chi connectivity index (χ4v) is 2.53. The van der Waals surface area contributed by atoms with Gasteiger partial charge < -0.3 is 4.74 Å². The monoisotopic (exact) mass is 317 g/mol. The first kappa shape index (κ1) is 14.1. The van der Waals surface area contributed by atoms with Gasteiger partial charge in [-0.05, 0) is 12.1 Å². The van der Waals surface area contributed by atoms with Crippen LogP contribution < -0.4 is 4.87 Å². The van der Waals surface area contributed by atoms with Crippen molar-refractivity contribution in [2.45, 2.75) is 6.54 Å². The van der Waals surface area contributed by atoms with Gasteiger partial charge in [-0.15, -0.1) is 0 Å². The third kappa shape index (κ3) is 3.37. The maximum absolute atomic E-state index is 11.8. The molecule has 2 rings (SSSR count). The van der Waals surface area contributed by atoms with Crippen molar-refractivity contribution in [1.29, 1.82) is 0 Å².